The van der Waals surface area contributed by atoms with Gasteiger partial charge in [0.1, 0.15) is 0 Å². The average molecular weight is 372 g/mol. The van der Waals surface area contributed by atoms with Crippen LogP contribution in [0.4, 0.5) is 0 Å². The van der Waals surface area contributed by atoms with E-state index in [2.05, 4.69) is 28.2 Å². The van der Waals surface area contributed by atoms with Crippen molar-refractivity contribution in [3.8, 4) is 0 Å². The van der Waals surface area contributed by atoms with E-state index in [1.165, 1.54) is 32.1 Å². The molecule has 1 aromatic rings. The molecule has 0 saturated heterocycles. The fourth-order valence-electron chi connectivity index (χ4n) is 3.10. The maximum absolute atomic E-state index is 12.7. The van der Waals surface area contributed by atoms with Crippen LogP contribution in [0.15, 0.2) is 33.6 Å². The first-order chi connectivity index (χ1) is 10.2. The second-order valence-corrected chi connectivity index (χ2v) is 8.34. The molecule has 0 aromatic heterocycles. The van der Waals surface area contributed by atoms with Crippen LogP contribution in [0.3, 0.4) is 0 Å². The van der Waals surface area contributed by atoms with Crippen LogP contribution < -0.4 is 5.32 Å². The van der Waals surface area contributed by atoms with Gasteiger partial charge in [-0.15, -0.1) is 0 Å². The van der Waals surface area contributed by atoms with Crippen LogP contribution in [0.2, 0.25) is 0 Å². The zero-order chi connectivity index (χ0) is 15.1. The van der Waals surface area contributed by atoms with E-state index in [-0.39, 0.29) is 0 Å². The lowest BCUT2D eigenvalue weighted by atomic mass is 9.84. The van der Waals surface area contributed by atoms with E-state index in [1.54, 1.807) is 0 Å². The van der Waals surface area contributed by atoms with Gasteiger partial charge in [-0.1, -0.05) is 48.2 Å². The molecule has 2 atom stereocenters. The van der Waals surface area contributed by atoms with E-state index in [9.17, 15) is 4.21 Å². The van der Waals surface area contributed by atoms with Crippen LogP contribution in [0.1, 0.15) is 45.4 Å². The number of benzene rings is 1. The molecular formula is C17H26BrNOS. The third-order valence-corrected chi connectivity index (χ3v) is 6.20. The van der Waals surface area contributed by atoms with Crippen LogP contribution in [-0.2, 0) is 10.8 Å². The molecule has 4 heteroatoms. The summed E-state index contributed by atoms with van der Waals surface area (Å²) in [4.78, 5) is 0.934. The molecule has 0 spiro atoms. The molecule has 2 rings (SSSR count). The number of rotatable bonds is 7. The van der Waals surface area contributed by atoms with Crippen molar-refractivity contribution in [2.75, 3.05) is 12.3 Å². The largest absolute Gasteiger partial charge is 0.313 e. The van der Waals surface area contributed by atoms with Gasteiger partial charge in [-0.05, 0) is 49.9 Å². The summed E-state index contributed by atoms with van der Waals surface area (Å²) in [6, 6.07) is 8.29. The minimum atomic E-state index is -0.921. The van der Waals surface area contributed by atoms with E-state index in [0.717, 1.165) is 28.1 Å². The second-order valence-electron chi connectivity index (χ2n) is 5.93. The third-order valence-electron chi connectivity index (χ3n) is 4.27. The molecule has 1 fully saturated rings. The lowest BCUT2D eigenvalue weighted by Crippen LogP contribution is -2.41. The Bertz CT molecular complexity index is 460. The van der Waals surface area contributed by atoms with Gasteiger partial charge in [0.05, 0.1) is 10.8 Å². The Morgan fingerprint density at radius 1 is 1.33 bits per heavy atom. The Morgan fingerprint density at radius 2 is 2.10 bits per heavy atom. The van der Waals surface area contributed by atoms with Gasteiger partial charge in [0, 0.05) is 21.2 Å². The van der Waals surface area contributed by atoms with Gasteiger partial charge in [-0.25, -0.2) is 0 Å². The fourth-order valence-corrected chi connectivity index (χ4v) is 5.04. The Kier molecular flexibility index (Phi) is 7.41. The van der Waals surface area contributed by atoms with Gasteiger partial charge < -0.3 is 5.32 Å². The fraction of sp³-hybridized carbons (Fsp3) is 0.647. The maximum atomic E-state index is 12.7. The van der Waals surface area contributed by atoms with Crippen LogP contribution >= 0.6 is 15.9 Å². The van der Waals surface area contributed by atoms with Crippen molar-refractivity contribution in [1.29, 1.82) is 0 Å². The number of hydrogen-bond acceptors (Lipinski definition) is 2. The minimum absolute atomic E-state index is 0.394. The number of halogens is 1. The molecule has 21 heavy (non-hydrogen) atoms. The van der Waals surface area contributed by atoms with Gasteiger partial charge in [0.2, 0.25) is 0 Å². The highest BCUT2D eigenvalue weighted by atomic mass is 79.9. The maximum Gasteiger partial charge on any atom is 0.0545 e. The Labute approximate surface area is 139 Å². The smallest absolute Gasteiger partial charge is 0.0545 e. The zero-order valence-corrected chi connectivity index (χ0v) is 15.2. The lowest BCUT2D eigenvalue weighted by molar-refractivity contribution is 0.284. The monoisotopic (exact) mass is 371 g/mol. The summed E-state index contributed by atoms with van der Waals surface area (Å²) in [5.41, 5.74) is 0. The second kappa shape index (κ2) is 9.06. The molecule has 0 aliphatic heterocycles. The highest BCUT2D eigenvalue weighted by molar-refractivity contribution is 9.10. The van der Waals surface area contributed by atoms with Gasteiger partial charge in [-0.3, -0.25) is 4.21 Å². The van der Waals surface area contributed by atoms with Gasteiger partial charge in [-0.2, -0.15) is 0 Å². The first-order valence-electron chi connectivity index (χ1n) is 8.08. The molecule has 118 valence electrons. The zero-order valence-electron chi connectivity index (χ0n) is 12.8. The molecular weight excluding hydrogens is 346 g/mol. The third kappa shape index (κ3) is 5.50. The predicted molar refractivity (Wildman–Crippen MR) is 94.1 cm³/mol. The summed E-state index contributed by atoms with van der Waals surface area (Å²) < 4.78 is 13.7. The minimum Gasteiger partial charge on any atom is -0.313 e. The van der Waals surface area contributed by atoms with Gasteiger partial charge in [0.15, 0.2) is 0 Å². The molecule has 0 amide bonds. The SMILES string of the molecule is CCCNC(CS(=O)c1cccc(Br)c1)C1CCCCC1. The summed E-state index contributed by atoms with van der Waals surface area (Å²) in [5.74, 6) is 1.43. The molecule has 1 aliphatic rings. The van der Waals surface area contributed by atoms with Crippen molar-refractivity contribution in [3.63, 3.8) is 0 Å². The van der Waals surface area contributed by atoms with E-state index < -0.39 is 10.8 Å². The topological polar surface area (TPSA) is 29.1 Å². The summed E-state index contributed by atoms with van der Waals surface area (Å²) in [7, 11) is -0.921. The summed E-state index contributed by atoms with van der Waals surface area (Å²) in [6.07, 6.45) is 7.74. The molecule has 0 bridgehead atoms. The van der Waals surface area contributed by atoms with E-state index in [0.29, 0.717) is 12.0 Å². The molecule has 1 saturated carbocycles. The van der Waals surface area contributed by atoms with Crippen LogP contribution in [0, 0.1) is 5.92 Å². The Balaban J connectivity index is 2.01. The first-order valence-corrected chi connectivity index (χ1v) is 10.2. The van der Waals surface area contributed by atoms with E-state index in [4.69, 9.17) is 0 Å². The van der Waals surface area contributed by atoms with Crippen molar-refractivity contribution in [3.05, 3.63) is 28.7 Å². The highest BCUT2D eigenvalue weighted by Gasteiger charge is 2.25. The molecule has 0 heterocycles. The van der Waals surface area contributed by atoms with Crippen molar-refractivity contribution in [1.82, 2.24) is 5.32 Å². The van der Waals surface area contributed by atoms with Crippen LogP contribution in [0.5, 0.6) is 0 Å². The van der Waals surface area contributed by atoms with Gasteiger partial charge >= 0.3 is 0 Å². The molecule has 1 aliphatic carbocycles. The summed E-state index contributed by atoms with van der Waals surface area (Å²) in [5, 5.41) is 3.65. The van der Waals surface area contributed by atoms with Crippen molar-refractivity contribution < 1.29 is 4.21 Å². The molecule has 2 nitrogen and oxygen atoms in total. The number of hydrogen-bond donors (Lipinski definition) is 1. The van der Waals surface area contributed by atoms with Crippen LogP contribution in [0.25, 0.3) is 0 Å². The Hall–Kier alpha value is -0.190. The van der Waals surface area contributed by atoms with E-state index in [1.807, 2.05) is 24.3 Å². The quantitative estimate of drug-likeness (QED) is 0.763. The van der Waals surface area contributed by atoms with Crippen molar-refractivity contribution >= 4 is 26.7 Å². The van der Waals surface area contributed by atoms with Crippen molar-refractivity contribution in [2.45, 2.75) is 56.4 Å². The summed E-state index contributed by atoms with van der Waals surface area (Å²) in [6.45, 7) is 3.22. The van der Waals surface area contributed by atoms with Gasteiger partial charge in [0.25, 0.3) is 0 Å². The highest BCUT2D eigenvalue weighted by Crippen LogP contribution is 2.27. The molecule has 1 N–H and O–H groups in total. The predicted octanol–water partition coefficient (Wildman–Crippen LogP) is 4.51. The lowest BCUT2D eigenvalue weighted by Gasteiger charge is -2.31. The molecule has 0 radical (unpaired) electrons. The standard InChI is InChI=1S/C17H26BrNOS/c1-2-11-19-17(14-7-4-3-5-8-14)13-21(20)16-10-6-9-15(18)12-16/h6,9-10,12,14,17,19H,2-5,7-8,11,13H2,1H3. The first kappa shape index (κ1) is 17.2. The molecule has 2 unspecified atom stereocenters. The average Bonchev–Trinajstić information content (AvgIpc) is 2.52. The number of nitrogens with one attached hydrogen (secondary N) is 1. The van der Waals surface area contributed by atoms with E-state index >= 15 is 0 Å². The van der Waals surface area contributed by atoms with Crippen molar-refractivity contribution in [2.24, 2.45) is 5.92 Å². The van der Waals surface area contributed by atoms with Crippen LogP contribution in [-0.4, -0.2) is 22.5 Å². The molecule has 1 aromatic carbocycles. The Morgan fingerprint density at radius 3 is 2.76 bits per heavy atom. The normalized spacial score (nSPS) is 19.3. The summed E-state index contributed by atoms with van der Waals surface area (Å²) >= 11 is 3.47.